The maximum atomic E-state index is 5.09. The molecule has 9 heteroatoms. The predicted octanol–water partition coefficient (Wildman–Crippen LogP) is 2.36. The van der Waals surface area contributed by atoms with Gasteiger partial charge in [-0.2, -0.15) is 4.98 Å². The number of rotatable bonds is 8. The molecular formula is C15H25IN6OS. The zero-order valence-electron chi connectivity index (χ0n) is 14.3. The van der Waals surface area contributed by atoms with Gasteiger partial charge < -0.3 is 15.2 Å². The Labute approximate surface area is 163 Å². The highest BCUT2D eigenvalue weighted by molar-refractivity contribution is 14.0. The molecule has 0 aliphatic carbocycles. The Morgan fingerprint density at radius 2 is 2.12 bits per heavy atom. The molecule has 0 unspecified atom stereocenters. The number of halogens is 1. The molecule has 2 heterocycles. The lowest BCUT2D eigenvalue weighted by atomic mass is 10.4. The van der Waals surface area contributed by atoms with Crippen molar-refractivity contribution in [2.45, 2.75) is 40.0 Å². The van der Waals surface area contributed by atoms with E-state index in [1.54, 1.807) is 11.3 Å². The average Bonchev–Trinajstić information content (AvgIpc) is 3.16. The van der Waals surface area contributed by atoms with Crippen LogP contribution in [0.25, 0.3) is 0 Å². The Hall–Kier alpha value is -1.23. The molecule has 0 radical (unpaired) electrons. The second-order valence-corrected chi connectivity index (χ2v) is 6.20. The van der Waals surface area contributed by atoms with E-state index in [4.69, 9.17) is 4.52 Å². The first-order chi connectivity index (χ1) is 11.2. The molecule has 0 bridgehead atoms. The van der Waals surface area contributed by atoms with Crippen molar-refractivity contribution < 1.29 is 4.52 Å². The number of thiazole rings is 1. The van der Waals surface area contributed by atoms with Crippen molar-refractivity contribution in [3.63, 3.8) is 0 Å². The van der Waals surface area contributed by atoms with Crippen molar-refractivity contribution in [3.8, 4) is 0 Å². The summed E-state index contributed by atoms with van der Waals surface area (Å²) in [5.41, 5.74) is 0. The minimum Gasteiger partial charge on any atom is -0.357 e. The number of guanidine groups is 1. The van der Waals surface area contributed by atoms with Crippen LogP contribution in [0.3, 0.4) is 0 Å². The molecule has 2 rings (SSSR count). The van der Waals surface area contributed by atoms with Gasteiger partial charge in [-0.25, -0.2) is 4.98 Å². The highest BCUT2D eigenvalue weighted by Gasteiger charge is 2.04. The van der Waals surface area contributed by atoms with Crippen LogP contribution in [0.15, 0.2) is 15.7 Å². The molecule has 2 N–H and O–H groups in total. The summed E-state index contributed by atoms with van der Waals surface area (Å²) in [7, 11) is 0. The first kappa shape index (κ1) is 20.8. The van der Waals surface area contributed by atoms with Gasteiger partial charge in [0.05, 0.1) is 5.01 Å². The molecule has 0 aliphatic heterocycles. The van der Waals surface area contributed by atoms with Gasteiger partial charge in [-0.15, -0.1) is 35.3 Å². The van der Waals surface area contributed by atoms with E-state index in [2.05, 4.69) is 37.7 Å². The predicted molar refractivity (Wildman–Crippen MR) is 107 cm³/mol. The van der Waals surface area contributed by atoms with Gasteiger partial charge >= 0.3 is 0 Å². The maximum Gasteiger partial charge on any atom is 0.228 e. The SMILES string of the molecule is CCNC(=NCCc1ncc(CC)s1)NCCc1nc(C)no1.I. The number of hydrogen-bond donors (Lipinski definition) is 2. The Kier molecular flexibility index (Phi) is 9.84. The second kappa shape index (κ2) is 11.3. The standard InChI is InChI=1S/C15H24N6OS.HI/c1-4-12-10-19-14(23-12)7-9-18-15(16-5-2)17-8-6-13-20-11(3)21-22-13;/h10H,4-9H2,1-3H3,(H2,16,17,18);1H. The molecule has 0 saturated heterocycles. The van der Waals surface area contributed by atoms with Crippen molar-refractivity contribution in [2.24, 2.45) is 4.99 Å². The average molecular weight is 464 g/mol. The van der Waals surface area contributed by atoms with Gasteiger partial charge in [-0.1, -0.05) is 12.1 Å². The molecule has 0 saturated carbocycles. The molecule has 0 atom stereocenters. The molecule has 0 fully saturated rings. The lowest BCUT2D eigenvalue weighted by Gasteiger charge is -2.09. The summed E-state index contributed by atoms with van der Waals surface area (Å²) in [5, 5.41) is 11.4. The van der Waals surface area contributed by atoms with Crippen LogP contribution < -0.4 is 10.6 Å². The highest BCUT2D eigenvalue weighted by atomic mass is 127. The van der Waals surface area contributed by atoms with Crippen LogP contribution >= 0.6 is 35.3 Å². The van der Waals surface area contributed by atoms with Crippen LogP contribution in [0.2, 0.25) is 0 Å². The van der Waals surface area contributed by atoms with E-state index in [-0.39, 0.29) is 24.0 Å². The minimum absolute atomic E-state index is 0. The van der Waals surface area contributed by atoms with E-state index >= 15 is 0 Å². The third-order valence-corrected chi connectivity index (χ3v) is 4.29. The fourth-order valence-corrected chi connectivity index (χ4v) is 2.81. The lowest BCUT2D eigenvalue weighted by molar-refractivity contribution is 0.374. The van der Waals surface area contributed by atoms with Crippen molar-refractivity contribution in [2.75, 3.05) is 19.6 Å². The van der Waals surface area contributed by atoms with E-state index in [1.807, 2.05) is 20.0 Å². The normalized spacial score (nSPS) is 11.2. The van der Waals surface area contributed by atoms with Gasteiger partial charge in [-0.05, 0) is 20.3 Å². The summed E-state index contributed by atoms with van der Waals surface area (Å²) < 4.78 is 5.09. The minimum atomic E-state index is 0. The Balaban J connectivity index is 0.00000288. The van der Waals surface area contributed by atoms with Crippen LogP contribution in [0.4, 0.5) is 0 Å². The molecule has 2 aromatic rings. The van der Waals surface area contributed by atoms with Crippen molar-refractivity contribution in [1.82, 2.24) is 25.8 Å². The van der Waals surface area contributed by atoms with Crippen molar-refractivity contribution in [1.29, 1.82) is 0 Å². The summed E-state index contributed by atoms with van der Waals surface area (Å²) in [6.07, 6.45) is 4.54. The molecule has 0 aromatic carbocycles. The third kappa shape index (κ3) is 7.12. The summed E-state index contributed by atoms with van der Waals surface area (Å²) in [6.45, 7) is 8.24. The van der Waals surface area contributed by atoms with E-state index < -0.39 is 0 Å². The Morgan fingerprint density at radius 1 is 1.29 bits per heavy atom. The van der Waals surface area contributed by atoms with Crippen molar-refractivity contribution in [3.05, 3.63) is 27.8 Å². The van der Waals surface area contributed by atoms with Crippen molar-refractivity contribution >= 4 is 41.3 Å². The number of aromatic nitrogens is 3. The van der Waals surface area contributed by atoms with Gasteiger partial charge in [-0.3, -0.25) is 4.99 Å². The Morgan fingerprint density at radius 3 is 2.75 bits per heavy atom. The summed E-state index contributed by atoms with van der Waals surface area (Å²) in [5.74, 6) is 2.10. The first-order valence-electron chi connectivity index (χ1n) is 7.96. The smallest absolute Gasteiger partial charge is 0.228 e. The highest BCUT2D eigenvalue weighted by Crippen LogP contribution is 2.13. The quantitative estimate of drug-likeness (QED) is 0.354. The largest absolute Gasteiger partial charge is 0.357 e. The number of aliphatic imine (C=N–C) groups is 1. The fraction of sp³-hybridized carbons (Fsp3) is 0.600. The number of aryl methyl sites for hydroxylation is 2. The number of nitrogens with one attached hydrogen (secondary N) is 2. The fourth-order valence-electron chi connectivity index (χ4n) is 1.96. The third-order valence-electron chi connectivity index (χ3n) is 3.09. The van der Waals surface area contributed by atoms with Gasteiger partial charge in [0.1, 0.15) is 0 Å². The van der Waals surface area contributed by atoms with E-state index in [0.29, 0.717) is 31.2 Å². The number of hydrogen-bond acceptors (Lipinski definition) is 6. The second-order valence-electron chi connectivity index (χ2n) is 5.00. The molecule has 0 amide bonds. The topological polar surface area (TPSA) is 88.2 Å². The molecule has 2 aromatic heterocycles. The van der Waals surface area contributed by atoms with Gasteiger partial charge in [0.2, 0.25) is 5.89 Å². The van der Waals surface area contributed by atoms with Gasteiger partial charge in [0.25, 0.3) is 0 Å². The molecule has 7 nitrogen and oxygen atoms in total. The van der Waals surface area contributed by atoms with Gasteiger partial charge in [0.15, 0.2) is 11.8 Å². The lowest BCUT2D eigenvalue weighted by Crippen LogP contribution is -2.38. The Bertz CT molecular complexity index is 627. The van der Waals surface area contributed by atoms with E-state index in [9.17, 15) is 0 Å². The van der Waals surface area contributed by atoms with Crippen LogP contribution in [0.1, 0.15) is 35.4 Å². The molecule has 0 aliphatic rings. The van der Waals surface area contributed by atoms with Crippen LogP contribution in [-0.2, 0) is 19.3 Å². The van der Waals surface area contributed by atoms with E-state index in [0.717, 1.165) is 30.4 Å². The summed E-state index contributed by atoms with van der Waals surface area (Å²) >= 11 is 1.77. The van der Waals surface area contributed by atoms with E-state index in [1.165, 1.54) is 4.88 Å². The number of nitrogens with zero attached hydrogens (tertiary/aromatic N) is 4. The first-order valence-corrected chi connectivity index (χ1v) is 8.77. The van der Waals surface area contributed by atoms with Crippen LogP contribution in [0, 0.1) is 6.92 Å². The van der Waals surface area contributed by atoms with Crippen LogP contribution in [-0.4, -0.2) is 40.7 Å². The van der Waals surface area contributed by atoms with Gasteiger partial charge in [0, 0.05) is 43.5 Å². The molecule has 24 heavy (non-hydrogen) atoms. The summed E-state index contributed by atoms with van der Waals surface area (Å²) in [4.78, 5) is 14.5. The molecule has 134 valence electrons. The van der Waals surface area contributed by atoms with Crippen LogP contribution in [0.5, 0.6) is 0 Å². The maximum absolute atomic E-state index is 5.09. The summed E-state index contributed by atoms with van der Waals surface area (Å²) in [6, 6.07) is 0. The molecule has 0 spiro atoms. The zero-order chi connectivity index (χ0) is 16.5. The zero-order valence-corrected chi connectivity index (χ0v) is 17.5. The molecular weight excluding hydrogens is 439 g/mol. The monoisotopic (exact) mass is 464 g/mol.